The van der Waals surface area contributed by atoms with E-state index in [-0.39, 0.29) is 11.7 Å². The van der Waals surface area contributed by atoms with Crippen LogP contribution in [-0.2, 0) is 4.79 Å². The minimum atomic E-state index is -0.960. The minimum absolute atomic E-state index is 0.187. The van der Waals surface area contributed by atoms with Crippen LogP contribution in [-0.4, -0.2) is 46.8 Å². The smallest absolute Gasteiger partial charge is 0.332 e. The van der Waals surface area contributed by atoms with Crippen molar-refractivity contribution < 1.29 is 15.0 Å². The summed E-state index contributed by atoms with van der Waals surface area (Å²) in [6, 6.07) is 0. The molecule has 0 aromatic heterocycles. The molecule has 80 valence electrons. The highest BCUT2D eigenvalue weighted by Crippen LogP contribution is 2.17. The van der Waals surface area contributed by atoms with Crippen molar-refractivity contribution >= 4 is 5.97 Å². The number of rotatable bonds is 3. The molecule has 0 saturated carbocycles. The maximum absolute atomic E-state index is 10.5. The predicted molar refractivity (Wildman–Crippen MR) is 53.0 cm³/mol. The number of aliphatic hydroxyl groups is 1. The molecule has 1 heterocycles. The zero-order valence-electron chi connectivity index (χ0n) is 8.44. The van der Waals surface area contributed by atoms with E-state index >= 15 is 0 Å². The molecule has 4 nitrogen and oxygen atoms in total. The third kappa shape index (κ3) is 2.82. The van der Waals surface area contributed by atoms with E-state index in [1.54, 1.807) is 0 Å². The van der Waals surface area contributed by atoms with Gasteiger partial charge in [0.1, 0.15) is 0 Å². The lowest BCUT2D eigenvalue weighted by Crippen LogP contribution is -2.43. The Kier molecular flexibility index (Phi) is 3.66. The third-order valence-corrected chi connectivity index (χ3v) is 2.72. The van der Waals surface area contributed by atoms with Crippen molar-refractivity contribution in [1.82, 2.24) is 4.90 Å². The second-order valence-electron chi connectivity index (χ2n) is 3.98. The number of nitrogens with zero attached hydrogens (tertiary/aromatic N) is 1. The van der Waals surface area contributed by atoms with Gasteiger partial charge in [0.25, 0.3) is 0 Å². The van der Waals surface area contributed by atoms with Gasteiger partial charge >= 0.3 is 5.97 Å². The first-order valence-corrected chi connectivity index (χ1v) is 4.82. The molecule has 2 unspecified atom stereocenters. The lowest BCUT2D eigenvalue weighted by atomic mass is 9.96. The van der Waals surface area contributed by atoms with Crippen LogP contribution in [0.15, 0.2) is 12.2 Å². The summed E-state index contributed by atoms with van der Waals surface area (Å²) in [4.78, 5) is 12.5. The summed E-state index contributed by atoms with van der Waals surface area (Å²) in [6.07, 6.45) is 0.569. The van der Waals surface area contributed by atoms with Gasteiger partial charge in [0.2, 0.25) is 0 Å². The lowest BCUT2D eigenvalue weighted by Gasteiger charge is -2.34. The predicted octanol–water partition coefficient (Wildman–Crippen LogP) is 0.330. The van der Waals surface area contributed by atoms with Gasteiger partial charge in [0.15, 0.2) is 0 Å². The molecule has 0 aromatic rings. The number of carboxylic acids is 1. The van der Waals surface area contributed by atoms with E-state index in [1.807, 2.05) is 11.8 Å². The van der Waals surface area contributed by atoms with Crippen molar-refractivity contribution in [1.29, 1.82) is 0 Å². The average molecular weight is 199 g/mol. The number of aliphatic carboxylic acids is 1. The molecule has 0 radical (unpaired) electrons. The van der Waals surface area contributed by atoms with Crippen LogP contribution in [0.2, 0.25) is 0 Å². The first-order chi connectivity index (χ1) is 6.50. The topological polar surface area (TPSA) is 60.8 Å². The molecule has 1 fully saturated rings. The molecule has 14 heavy (non-hydrogen) atoms. The molecule has 0 aliphatic carbocycles. The van der Waals surface area contributed by atoms with E-state index in [4.69, 9.17) is 5.11 Å². The second kappa shape index (κ2) is 4.57. The van der Waals surface area contributed by atoms with Gasteiger partial charge in [-0.25, -0.2) is 4.79 Å². The van der Waals surface area contributed by atoms with E-state index in [0.29, 0.717) is 19.0 Å². The molecular weight excluding hydrogens is 182 g/mol. The van der Waals surface area contributed by atoms with Crippen LogP contribution >= 0.6 is 0 Å². The van der Waals surface area contributed by atoms with Gasteiger partial charge in [0.05, 0.1) is 6.10 Å². The number of likely N-dealkylation sites (tertiary alicyclic amines) is 1. The average Bonchev–Trinajstić information content (AvgIpc) is 2.11. The summed E-state index contributed by atoms with van der Waals surface area (Å²) in [6.45, 7) is 7.21. The monoisotopic (exact) mass is 199 g/mol. The van der Waals surface area contributed by atoms with Crippen molar-refractivity contribution in [2.75, 3.05) is 19.6 Å². The van der Waals surface area contributed by atoms with Crippen LogP contribution in [0.4, 0.5) is 0 Å². The van der Waals surface area contributed by atoms with E-state index in [2.05, 4.69) is 6.58 Å². The lowest BCUT2D eigenvalue weighted by molar-refractivity contribution is -0.133. The Balaban J connectivity index is 2.40. The fourth-order valence-electron chi connectivity index (χ4n) is 1.60. The number of hydrogen-bond donors (Lipinski definition) is 2. The number of carbonyl (C=O) groups is 1. The van der Waals surface area contributed by atoms with Crippen molar-refractivity contribution in [2.24, 2.45) is 5.92 Å². The molecule has 4 heteroatoms. The Bertz CT molecular complexity index is 240. The number of piperidine rings is 1. The van der Waals surface area contributed by atoms with Gasteiger partial charge < -0.3 is 10.2 Å². The van der Waals surface area contributed by atoms with Crippen LogP contribution in [0, 0.1) is 5.92 Å². The van der Waals surface area contributed by atoms with Gasteiger partial charge in [-0.05, 0) is 18.9 Å². The highest BCUT2D eigenvalue weighted by Gasteiger charge is 2.24. The van der Waals surface area contributed by atoms with E-state index in [0.717, 1.165) is 13.0 Å². The maximum Gasteiger partial charge on any atom is 0.332 e. The van der Waals surface area contributed by atoms with Gasteiger partial charge in [-0.15, -0.1) is 0 Å². The highest BCUT2D eigenvalue weighted by molar-refractivity contribution is 5.86. The summed E-state index contributed by atoms with van der Waals surface area (Å²) >= 11 is 0. The van der Waals surface area contributed by atoms with Crippen molar-refractivity contribution in [3.05, 3.63) is 12.2 Å². The van der Waals surface area contributed by atoms with Crippen LogP contribution in [0.1, 0.15) is 13.3 Å². The fourth-order valence-corrected chi connectivity index (χ4v) is 1.60. The summed E-state index contributed by atoms with van der Waals surface area (Å²) in [5.41, 5.74) is 0.187. The van der Waals surface area contributed by atoms with E-state index < -0.39 is 5.97 Å². The largest absolute Gasteiger partial charge is 0.478 e. The Morgan fingerprint density at radius 3 is 2.79 bits per heavy atom. The normalized spacial score (nSPS) is 28.7. The minimum Gasteiger partial charge on any atom is -0.478 e. The van der Waals surface area contributed by atoms with Crippen LogP contribution in [0.3, 0.4) is 0 Å². The maximum atomic E-state index is 10.5. The molecule has 2 N–H and O–H groups in total. The molecule has 0 aromatic carbocycles. The van der Waals surface area contributed by atoms with Gasteiger partial charge in [0, 0.05) is 18.7 Å². The summed E-state index contributed by atoms with van der Waals surface area (Å²) in [5, 5.41) is 18.2. The molecular formula is C10H17NO3. The number of hydrogen-bond acceptors (Lipinski definition) is 3. The van der Waals surface area contributed by atoms with Crippen LogP contribution < -0.4 is 0 Å². The Hall–Kier alpha value is -0.870. The van der Waals surface area contributed by atoms with Crippen LogP contribution in [0.5, 0.6) is 0 Å². The summed E-state index contributed by atoms with van der Waals surface area (Å²) in [7, 11) is 0. The summed E-state index contributed by atoms with van der Waals surface area (Å²) in [5.74, 6) is -0.651. The van der Waals surface area contributed by atoms with Gasteiger partial charge in [-0.1, -0.05) is 13.5 Å². The Labute approximate surface area is 83.8 Å². The van der Waals surface area contributed by atoms with Crippen molar-refractivity contribution in [3.63, 3.8) is 0 Å². The van der Waals surface area contributed by atoms with Gasteiger partial charge in [-0.3, -0.25) is 4.90 Å². The SMILES string of the molecule is C=C(CN1CCC(C)C(O)C1)C(=O)O. The second-order valence-corrected chi connectivity index (χ2v) is 3.98. The number of carboxylic acid groups (broad SMARTS) is 1. The molecule has 0 bridgehead atoms. The zero-order chi connectivity index (χ0) is 10.7. The molecule has 1 rings (SSSR count). The number of aliphatic hydroxyl groups excluding tert-OH is 1. The van der Waals surface area contributed by atoms with Crippen LogP contribution in [0.25, 0.3) is 0 Å². The van der Waals surface area contributed by atoms with Crippen molar-refractivity contribution in [2.45, 2.75) is 19.4 Å². The first-order valence-electron chi connectivity index (χ1n) is 4.82. The van der Waals surface area contributed by atoms with E-state index in [1.165, 1.54) is 0 Å². The Morgan fingerprint density at radius 1 is 1.64 bits per heavy atom. The summed E-state index contributed by atoms with van der Waals surface area (Å²) < 4.78 is 0. The zero-order valence-corrected chi connectivity index (χ0v) is 8.44. The molecule has 1 saturated heterocycles. The standard InChI is InChI=1S/C10H17NO3/c1-7-3-4-11(6-9(7)12)5-8(2)10(13)14/h7,9,12H,2-6H2,1H3,(H,13,14). The third-order valence-electron chi connectivity index (χ3n) is 2.72. The molecule has 1 aliphatic heterocycles. The quantitative estimate of drug-likeness (QED) is 0.643. The fraction of sp³-hybridized carbons (Fsp3) is 0.700. The first kappa shape index (κ1) is 11.2. The molecule has 0 amide bonds. The Morgan fingerprint density at radius 2 is 2.29 bits per heavy atom. The van der Waals surface area contributed by atoms with Crippen molar-refractivity contribution in [3.8, 4) is 0 Å². The molecule has 0 spiro atoms. The number of β-amino-alcohol motifs (C(OH)–C–C–N with tert-alkyl or cyclic N) is 1. The van der Waals surface area contributed by atoms with E-state index in [9.17, 15) is 9.90 Å². The molecule has 2 atom stereocenters. The van der Waals surface area contributed by atoms with Gasteiger partial charge in [-0.2, -0.15) is 0 Å². The highest BCUT2D eigenvalue weighted by atomic mass is 16.4. The molecule has 1 aliphatic rings.